The molecular weight excluding hydrogens is 364 g/mol. The maximum absolute atomic E-state index is 12.4. The fraction of sp³-hybridized carbons (Fsp3) is 0.478. The van der Waals surface area contributed by atoms with Crippen molar-refractivity contribution in [2.75, 3.05) is 20.2 Å². The molecule has 3 aromatic rings. The van der Waals surface area contributed by atoms with Gasteiger partial charge in [0.05, 0.1) is 18.6 Å². The normalized spacial score (nSPS) is 23.9. The number of likely N-dealkylation sites (N-methyl/N-ethyl adjacent to an activating group) is 1. The van der Waals surface area contributed by atoms with Crippen molar-refractivity contribution >= 4 is 16.9 Å². The van der Waals surface area contributed by atoms with Crippen LogP contribution in [0.3, 0.4) is 0 Å². The molecule has 1 fully saturated rings. The molecule has 1 N–H and O–H groups in total. The van der Waals surface area contributed by atoms with Crippen LogP contribution in [0.4, 0.5) is 0 Å². The van der Waals surface area contributed by atoms with Gasteiger partial charge in [0.2, 0.25) is 0 Å². The first kappa shape index (κ1) is 18.4. The summed E-state index contributed by atoms with van der Waals surface area (Å²) < 4.78 is 7.26. The molecule has 1 aliphatic heterocycles. The highest BCUT2D eigenvalue weighted by atomic mass is 16.5. The molecule has 0 amide bonds. The van der Waals surface area contributed by atoms with Gasteiger partial charge in [-0.25, -0.2) is 9.78 Å². The summed E-state index contributed by atoms with van der Waals surface area (Å²) in [5.74, 6) is 0.698. The number of benzene rings is 1. The van der Waals surface area contributed by atoms with Crippen LogP contribution < -0.4 is 0 Å². The van der Waals surface area contributed by atoms with Crippen LogP contribution in [0.25, 0.3) is 10.9 Å². The molecule has 0 saturated carbocycles. The Morgan fingerprint density at radius 1 is 1.38 bits per heavy atom. The maximum Gasteiger partial charge on any atom is 0.356 e. The number of hydrogen-bond donors (Lipinski definition) is 1. The summed E-state index contributed by atoms with van der Waals surface area (Å²) >= 11 is 0. The summed E-state index contributed by atoms with van der Waals surface area (Å²) in [4.78, 5) is 22.8. The van der Waals surface area contributed by atoms with E-state index in [1.807, 2.05) is 18.4 Å². The molecule has 6 heteroatoms. The molecule has 1 aliphatic carbocycles. The SMILES string of the molecule is CCOC(=O)c1c(C)ncn1CC1C[C@@H]2c3cccc4[nH]cc(c34)C[C@H]2N(C)C1. The van der Waals surface area contributed by atoms with E-state index >= 15 is 0 Å². The number of piperidine rings is 1. The molecule has 1 aromatic carbocycles. The van der Waals surface area contributed by atoms with E-state index in [1.54, 1.807) is 6.33 Å². The van der Waals surface area contributed by atoms with Crippen LogP contribution in [-0.2, 0) is 17.7 Å². The molecule has 2 aromatic heterocycles. The van der Waals surface area contributed by atoms with Crippen molar-refractivity contribution in [1.29, 1.82) is 0 Å². The zero-order chi connectivity index (χ0) is 20.1. The Morgan fingerprint density at radius 2 is 2.24 bits per heavy atom. The van der Waals surface area contributed by atoms with Crippen LogP contribution in [0.1, 0.15) is 46.6 Å². The lowest BCUT2D eigenvalue weighted by Gasteiger charge is -2.45. The van der Waals surface area contributed by atoms with E-state index < -0.39 is 0 Å². The van der Waals surface area contributed by atoms with E-state index in [0.717, 1.165) is 31.6 Å². The van der Waals surface area contributed by atoms with Crippen LogP contribution in [0.15, 0.2) is 30.7 Å². The predicted molar refractivity (Wildman–Crippen MR) is 112 cm³/mol. The molecular formula is C23H28N4O2. The van der Waals surface area contributed by atoms with Gasteiger partial charge in [0.15, 0.2) is 0 Å². The third kappa shape index (κ3) is 2.97. The van der Waals surface area contributed by atoms with Gasteiger partial charge in [0.25, 0.3) is 0 Å². The van der Waals surface area contributed by atoms with Crippen LogP contribution in [0.5, 0.6) is 0 Å². The number of fused-ring (bicyclic) bond motifs is 2. The van der Waals surface area contributed by atoms with Gasteiger partial charge in [-0.2, -0.15) is 0 Å². The van der Waals surface area contributed by atoms with E-state index in [-0.39, 0.29) is 5.97 Å². The van der Waals surface area contributed by atoms with Gasteiger partial charge < -0.3 is 19.2 Å². The number of rotatable bonds is 4. The molecule has 152 valence electrons. The third-order valence-electron chi connectivity index (χ3n) is 6.76. The molecule has 2 aliphatic rings. The van der Waals surface area contributed by atoms with Gasteiger partial charge in [0, 0.05) is 42.1 Å². The molecule has 29 heavy (non-hydrogen) atoms. The first-order valence-corrected chi connectivity index (χ1v) is 10.5. The van der Waals surface area contributed by atoms with Gasteiger partial charge in [-0.05, 0) is 56.8 Å². The van der Waals surface area contributed by atoms with E-state index in [0.29, 0.717) is 30.2 Å². The van der Waals surface area contributed by atoms with Crippen molar-refractivity contribution < 1.29 is 9.53 Å². The van der Waals surface area contributed by atoms with Gasteiger partial charge >= 0.3 is 5.97 Å². The Balaban J connectivity index is 1.44. The van der Waals surface area contributed by atoms with E-state index in [9.17, 15) is 4.79 Å². The number of esters is 1. The standard InChI is InChI=1S/C23H28N4O2/c1-4-29-23(28)22-14(2)25-13-27(22)12-15-8-18-17-6-5-7-19-21(17)16(10-24-19)9-20(18)26(3)11-15/h5-7,10,13,15,18,20,24H,4,8-9,11-12H2,1-3H3/t15?,18-,20-/m1/s1. The van der Waals surface area contributed by atoms with Crippen molar-refractivity contribution in [2.24, 2.45) is 5.92 Å². The minimum Gasteiger partial charge on any atom is -0.461 e. The van der Waals surface area contributed by atoms with Gasteiger partial charge in [-0.3, -0.25) is 0 Å². The third-order valence-corrected chi connectivity index (χ3v) is 6.76. The number of likely N-dealkylation sites (tertiary alicyclic amines) is 1. The smallest absolute Gasteiger partial charge is 0.356 e. The monoisotopic (exact) mass is 392 g/mol. The van der Waals surface area contributed by atoms with E-state index in [2.05, 4.69) is 46.3 Å². The number of aryl methyl sites for hydroxylation is 1. The number of aromatic amines is 1. The molecule has 1 saturated heterocycles. The lowest BCUT2D eigenvalue weighted by atomic mass is 9.72. The van der Waals surface area contributed by atoms with E-state index in [4.69, 9.17) is 4.74 Å². The van der Waals surface area contributed by atoms with Crippen LogP contribution in [-0.4, -0.2) is 51.6 Å². The molecule has 3 atom stereocenters. The van der Waals surface area contributed by atoms with Gasteiger partial charge in [-0.1, -0.05) is 12.1 Å². The fourth-order valence-corrected chi connectivity index (χ4v) is 5.55. The highest BCUT2D eigenvalue weighted by molar-refractivity contribution is 5.89. The van der Waals surface area contributed by atoms with Crippen molar-refractivity contribution in [2.45, 2.75) is 45.2 Å². The minimum absolute atomic E-state index is 0.274. The molecule has 0 radical (unpaired) electrons. The fourth-order valence-electron chi connectivity index (χ4n) is 5.55. The highest BCUT2D eigenvalue weighted by Gasteiger charge is 2.39. The molecule has 6 nitrogen and oxygen atoms in total. The molecule has 0 spiro atoms. The van der Waals surface area contributed by atoms with Crippen LogP contribution >= 0.6 is 0 Å². The van der Waals surface area contributed by atoms with Crippen molar-refractivity contribution in [3.8, 4) is 0 Å². The average molecular weight is 393 g/mol. The van der Waals surface area contributed by atoms with Crippen LogP contribution in [0.2, 0.25) is 0 Å². The Bertz CT molecular complexity index is 1070. The number of carbonyl (C=O) groups excluding carboxylic acids is 1. The Labute approximate surface area is 170 Å². The summed E-state index contributed by atoms with van der Waals surface area (Å²) in [6.45, 7) is 5.90. The van der Waals surface area contributed by atoms with Gasteiger partial charge in [-0.15, -0.1) is 0 Å². The number of nitrogens with zero attached hydrogens (tertiary/aromatic N) is 3. The summed E-state index contributed by atoms with van der Waals surface area (Å²) in [5, 5.41) is 1.42. The number of H-pyrrole nitrogens is 1. The topological polar surface area (TPSA) is 63.1 Å². The number of nitrogens with one attached hydrogen (secondary N) is 1. The number of aromatic nitrogens is 3. The minimum atomic E-state index is -0.274. The summed E-state index contributed by atoms with van der Waals surface area (Å²) in [7, 11) is 2.24. The second-order valence-corrected chi connectivity index (χ2v) is 8.55. The largest absolute Gasteiger partial charge is 0.461 e. The number of imidazole rings is 1. The van der Waals surface area contributed by atoms with Crippen molar-refractivity contribution in [3.05, 3.63) is 53.2 Å². The second-order valence-electron chi connectivity index (χ2n) is 8.55. The van der Waals surface area contributed by atoms with Crippen LogP contribution in [0, 0.1) is 12.8 Å². The Kier molecular flexibility index (Phi) is 4.46. The second kappa shape index (κ2) is 7.02. The summed E-state index contributed by atoms with van der Waals surface area (Å²) in [6, 6.07) is 7.18. The van der Waals surface area contributed by atoms with Crippen molar-refractivity contribution in [3.63, 3.8) is 0 Å². The summed E-state index contributed by atoms with van der Waals surface area (Å²) in [5.41, 5.74) is 5.49. The Morgan fingerprint density at radius 3 is 3.07 bits per heavy atom. The number of hydrogen-bond acceptors (Lipinski definition) is 4. The molecule has 1 unspecified atom stereocenters. The highest BCUT2D eigenvalue weighted by Crippen LogP contribution is 2.44. The summed E-state index contributed by atoms with van der Waals surface area (Å²) in [6.07, 6.45) is 6.20. The Hall–Kier alpha value is -2.60. The first-order valence-electron chi connectivity index (χ1n) is 10.5. The molecule has 0 bridgehead atoms. The lowest BCUT2D eigenvalue weighted by Crippen LogP contribution is -2.48. The zero-order valence-corrected chi connectivity index (χ0v) is 17.3. The molecule has 5 rings (SSSR count). The number of ether oxygens (including phenoxy) is 1. The van der Waals surface area contributed by atoms with E-state index in [1.165, 1.54) is 22.0 Å². The van der Waals surface area contributed by atoms with Gasteiger partial charge in [0.1, 0.15) is 5.69 Å². The average Bonchev–Trinajstić information content (AvgIpc) is 3.28. The zero-order valence-electron chi connectivity index (χ0n) is 17.3. The predicted octanol–water partition coefficient (Wildman–Crippen LogP) is 3.51. The quantitative estimate of drug-likeness (QED) is 0.690. The number of carbonyl (C=O) groups is 1. The first-order chi connectivity index (χ1) is 14.1. The molecule has 3 heterocycles. The lowest BCUT2D eigenvalue weighted by molar-refractivity contribution is 0.0507. The maximum atomic E-state index is 12.4. The van der Waals surface area contributed by atoms with Crippen molar-refractivity contribution in [1.82, 2.24) is 19.4 Å².